The highest BCUT2D eigenvalue weighted by Crippen LogP contribution is 2.42. The predicted molar refractivity (Wildman–Crippen MR) is 90.3 cm³/mol. The van der Waals surface area contributed by atoms with E-state index in [4.69, 9.17) is 5.73 Å². The van der Waals surface area contributed by atoms with Crippen LogP contribution in [-0.4, -0.2) is 21.8 Å². The molecule has 1 aliphatic carbocycles. The smallest absolute Gasteiger partial charge is 0.383 e. The Kier molecular flexibility index (Phi) is 4.98. The number of alkyl halides is 3. The molecule has 0 unspecified atom stereocenters. The van der Waals surface area contributed by atoms with Crippen LogP contribution in [-0.2, 0) is 22.3 Å². The summed E-state index contributed by atoms with van der Waals surface area (Å²) in [6, 6.07) is 3.67. The van der Waals surface area contributed by atoms with E-state index in [1.54, 1.807) is 6.07 Å². The third kappa shape index (κ3) is 4.72. The van der Waals surface area contributed by atoms with E-state index >= 15 is 0 Å². The number of nitrogens with two attached hydrogens (primary N) is 1. The van der Waals surface area contributed by atoms with Gasteiger partial charge in [0.1, 0.15) is 5.82 Å². The molecule has 1 saturated carbocycles. The molecule has 0 aliphatic heterocycles. The molecule has 0 spiro atoms. The van der Waals surface area contributed by atoms with Crippen molar-refractivity contribution in [3.63, 3.8) is 0 Å². The average Bonchev–Trinajstić information content (AvgIpc) is 3.46. The lowest BCUT2D eigenvalue weighted by atomic mass is 10.1. The molecule has 1 fully saturated rings. The van der Waals surface area contributed by atoms with E-state index in [1.807, 2.05) is 0 Å². The summed E-state index contributed by atoms with van der Waals surface area (Å²) in [5.41, 5.74) is 6.27. The Balaban J connectivity index is 1.55. The number of amides is 2. The number of hydrogen-bond donors (Lipinski definition) is 3. The number of pyridine rings is 2. The number of nitrogen functional groups attached to an aromatic ring is 1. The van der Waals surface area contributed by atoms with Crippen LogP contribution >= 0.6 is 0 Å². The van der Waals surface area contributed by atoms with Gasteiger partial charge >= 0.3 is 18.0 Å². The van der Waals surface area contributed by atoms with Gasteiger partial charge < -0.3 is 16.4 Å². The molecule has 142 valence electrons. The predicted octanol–water partition coefficient (Wildman–Crippen LogP) is 2.21. The maximum atomic E-state index is 12.5. The first-order valence-electron chi connectivity index (χ1n) is 8.11. The minimum absolute atomic E-state index is 0.183. The largest absolute Gasteiger partial charge is 0.417 e. The number of halogens is 3. The van der Waals surface area contributed by atoms with Crippen LogP contribution in [0.15, 0.2) is 30.6 Å². The van der Waals surface area contributed by atoms with Crippen LogP contribution < -0.4 is 16.4 Å². The van der Waals surface area contributed by atoms with E-state index in [0.29, 0.717) is 23.6 Å². The highest BCUT2D eigenvalue weighted by molar-refractivity contribution is 6.39. The fourth-order valence-electron chi connectivity index (χ4n) is 2.42. The lowest BCUT2D eigenvalue weighted by Gasteiger charge is -2.09. The van der Waals surface area contributed by atoms with Gasteiger partial charge in [-0.1, -0.05) is 0 Å². The number of nitrogens with zero attached hydrogens (tertiary/aromatic N) is 2. The average molecular weight is 379 g/mol. The summed E-state index contributed by atoms with van der Waals surface area (Å²) in [6.45, 7) is -0.183. The third-order valence-corrected chi connectivity index (χ3v) is 4.01. The van der Waals surface area contributed by atoms with E-state index < -0.39 is 23.6 Å². The summed E-state index contributed by atoms with van der Waals surface area (Å²) < 4.78 is 37.4. The van der Waals surface area contributed by atoms with Gasteiger partial charge in [-0.25, -0.2) is 4.98 Å². The summed E-state index contributed by atoms with van der Waals surface area (Å²) in [7, 11) is 0. The molecule has 3 rings (SSSR count). The quantitative estimate of drug-likeness (QED) is 0.706. The zero-order valence-electron chi connectivity index (χ0n) is 14.0. The molecular weight excluding hydrogens is 363 g/mol. The molecule has 0 saturated heterocycles. The minimum Gasteiger partial charge on any atom is -0.383 e. The van der Waals surface area contributed by atoms with Crippen molar-refractivity contribution in [1.29, 1.82) is 0 Å². The van der Waals surface area contributed by atoms with E-state index in [1.165, 1.54) is 6.20 Å². The number of nitrogens with one attached hydrogen (secondary N) is 2. The van der Waals surface area contributed by atoms with Crippen molar-refractivity contribution in [1.82, 2.24) is 15.3 Å². The van der Waals surface area contributed by atoms with E-state index in [9.17, 15) is 22.8 Å². The molecule has 2 aromatic heterocycles. The van der Waals surface area contributed by atoms with Gasteiger partial charge in [0, 0.05) is 6.20 Å². The highest BCUT2D eigenvalue weighted by Gasteiger charge is 2.30. The number of rotatable bonds is 4. The van der Waals surface area contributed by atoms with Gasteiger partial charge in [0.05, 0.1) is 29.7 Å². The van der Waals surface area contributed by atoms with Crippen LogP contribution in [0.25, 0.3) is 0 Å². The van der Waals surface area contributed by atoms with E-state index in [0.717, 1.165) is 30.5 Å². The topological polar surface area (TPSA) is 110 Å². The fourth-order valence-corrected chi connectivity index (χ4v) is 2.42. The van der Waals surface area contributed by atoms with Crippen molar-refractivity contribution in [3.8, 4) is 0 Å². The van der Waals surface area contributed by atoms with Crippen molar-refractivity contribution >= 4 is 23.3 Å². The highest BCUT2D eigenvalue weighted by atomic mass is 19.4. The first kappa shape index (κ1) is 18.6. The SMILES string of the molecule is Nc1ncc(NC(=O)C(=O)NCc2ccc(C(F)(F)F)cn2)cc1C1CC1. The fraction of sp³-hybridized carbons (Fsp3) is 0.294. The van der Waals surface area contributed by atoms with E-state index in [2.05, 4.69) is 20.6 Å². The van der Waals surface area contributed by atoms with Gasteiger partial charge in [0.15, 0.2) is 0 Å². The van der Waals surface area contributed by atoms with Gasteiger partial charge in [-0.05, 0) is 42.5 Å². The summed E-state index contributed by atoms with van der Waals surface area (Å²) in [5.74, 6) is -1.14. The van der Waals surface area contributed by atoms with Crippen LogP contribution in [0.3, 0.4) is 0 Å². The number of carbonyl (C=O) groups is 2. The molecule has 10 heteroatoms. The standard InChI is InChI=1S/C17H16F3N5O2/c18-17(19,20)10-3-4-11(22-6-10)7-24-15(26)16(27)25-12-5-13(9-1-2-9)14(21)23-8-12/h3-6,8-9H,1-2,7H2,(H2,21,23)(H,24,26)(H,25,27). The van der Waals surface area contributed by atoms with Crippen LogP contribution in [0.2, 0.25) is 0 Å². The van der Waals surface area contributed by atoms with Gasteiger partial charge in [-0.15, -0.1) is 0 Å². The van der Waals surface area contributed by atoms with Gasteiger partial charge in [0.25, 0.3) is 0 Å². The van der Waals surface area contributed by atoms with Crippen LogP contribution in [0.1, 0.15) is 35.6 Å². The Bertz CT molecular complexity index is 864. The van der Waals surface area contributed by atoms with Gasteiger partial charge in [0.2, 0.25) is 0 Å². The second-order valence-electron chi connectivity index (χ2n) is 6.15. The molecule has 0 bridgehead atoms. The Labute approximate surface area is 152 Å². The maximum Gasteiger partial charge on any atom is 0.417 e. The Morgan fingerprint density at radius 1 is 1.15 bits per heavy atom. The monoisotopic (exact) mass is 379 g/mol. The zero-order chi connectivity index (χ0) is 19.6. The Hall–Kier alpha value is -3.17. The number of carbonyl (C=O) groups excluding carboxylic acids is 2. The second-order valence-corrected chi connectivity index (χ2v) is 6.15. The Morgan fingerprint density at radius 3 is 2.48 bits per heavy atom. The molecule has 27 heavy (non-hydrogen) atoms. The lowest BCUT2D eigenvalue weighted by Crippen LogP contribution is -2.35. The number of hydrogen-bond acceptors (Lipinski definition) is 5. The minimum atomic E-state index is -4.49. The number of aromatic nitrogens is 2. The Morgan fingerprint density at radius 2 is 1.89 bits per heavy atom. The molecule has 4 N–H and O–H groups in total. The van der Waals surface area contributed by atoms with Crippen LogP contribution in [0, 0.1) is 0 Å². The molecule has 2 aromatic rings. The molecule has 0 atom stereocenters. The molecule has 0 radical (unpaired) electrons. The summed E-state index contributed by atoms with van der Waals surface area (Å²) in [6.07, 6.45) is -0.459. The van der Waals surface area contributed by atoms with Gasteiger partial charge in [-0.3, -0.25) is 14.6 Å². The normalized spacial score (nSPS) is 13.9. The first-order valence-corrected chi connectivity index (χ1v) is 8.11. The molecule has 2 amide bonds. The van der Waals surface area contributed by atoms with Crippen molar-refractivity contribution < 1.29 is 22.8 Å². The third-order valence-electron chi connectivity index (χ3n) is 4.01. The molecule has 2 heterocycles. The van der Waals surface area contributed by atoms with Crippen LogP contribution in [0.4, 0.5) is 24.7 Å². The molecular formula is C17H16F3N5O2. The molecule has 0 aromatic carbocycles. The summed E-state index contributed by atoms with van der Waals surface area (Å²) in [4.78, 5) is 31.4. The van der Waals surface area contributed by atoms with Crippen molar-refractivity contribution in [3.05, 3.63) is 47.4 Å². The van der Waals surface area contributed by atoms with Gasteiger partial charge in [-0.2, -0.15) is 13.2 Å². The molecule has 7 nitrogen and oxygen atoms in total. The lowest BCUT2D eigenvalue weighted by molar-refractivity contribution is -0.137. The maximum absolute atomic E-state index is 12.5. The van der Waals surface area contributed by atoms with E-state index in [-0.39, 0.29) is 12.2 Å². The van der Waals surface area contributed by atoms with Crippen molar-refractivity contribution in [2.24, 2.45) is 0 Å². The summed E-state index contributed by atoms with van der Waals surface area (Å²) >= 11 is 0. The second kappa shape index (κ2) is 7.22. The first-order chi connectivity index (χ1) is 12.7. The summed E-state index contributed by atoms with van der Waals surface area (Å²) in [5, 5.41) is 4.72. The van der Waals surface area contributed by atoms with Crippen molar-refractivity contribution in [2.45, 2.75) is 31.5 Å². The van der Waals surface area contributed by atoms with Crippen molar-refractivity contribution in [2.75, 3.05) is 11.1 Å². The van der Waals surface area contributed by atoms with Crippen LogP contribution in [0.5, 0.6) is 0 Å². The molecule has 1 aliphatic rings. The zero-order valence-corrected chi connectivity index (χ0v) is 14.0. The number of anilines is 2.